The summed E-state index contributed by atoms with van der Waals surface area (Å²) >= 11 is 0. The monoisotopic (exact) mass is 445 g/mol. The lowest BCUT2D eigenvalue weighted by Gasteiger charge is -2.28. The Bertz CT molecular complexity index is 917. The first-order valence-corrected chi connectivity index (χ1v) is 13.0. The standard InChI is InChI=1S/C30H39NO2/c1-3-5-6-7-8-10-24-13-20-29(28(21-24)22-31)33-30(32)27-18-16-26(17-19-27)25-14-11-23(9-4-2)12-15-25/h13,16-21,23,25H,3-12,14-15H2,1-2H3. The van der Waals surface area contributed by atoms with Crippen molar-refractivity contribution in [3.05, 3.63) is 64.7 Å². The lowest BCUT2D eigenvalue weighted by molar-refractivity contribution is 0.0734. The van der Waals surface area contributed by atoms with Crippen LogP contribution in [0.1, 0.15) is 117 Å². The van der Waals surface area contributed by atoms with Gasteiger partial charge >= 0.3 is 5.97 Å². The molecule has 0 atom stereocenters. The number of carbonyl (C=O) groups is 1. The largest absolute Gasteiger partial charge is 0.422 e. The normalized spacial score (nSPS) is 18.0. The van der Waals surface area contributed by atoms with Crippen molar-refractivity contribution in [3.8, 4) is 11.8 Å². The molecule has 0 radical (unpaired) electrons. The van der Waals surface area contributed by atoms with Crippen molar-refractivity contribution in [2.24, 2.45) is 5.92 Å². The van der Waals surface area contributed by atoms with Crippen molar-refractivity contribution < 1.29 is 9.53 Å². The zero-order valence-corrected chi connectivity index (χ0v) is 20.4. The van der Waals surface area contributed by atoms with Crippen molar-refractivity contribution >= 4 is 5.97 Å². The summed E-state index contributed by atoms with van der Waals surface area (Å²) in [5.41, 5.74) is 3.40. The van der Waals surface area contributed by atoms with Gasteiger partial charge in [-0.2, -0.15) is 5.26 Å². The van der Waals surface area contributed by atoms with Crippen molar-refractivity contribution in [2.75, 3.05) is 0 Å². The average Bonchev–Trinajstić information content (AvgIpc) is 2.85. The summed E-state index contributed by atoms with van der Waals surface area (Å²) in [7, 11) is 0. The molecular weight excluding hydrogens is 406 g/mol. The molecule has 1 saturated carbocycles. The minimum atomic E-state index is -0.406. The highest BCUT2D eigenvalue weighted by Crippen LogP contribution is 2.37. The highest BCUT2D eigenvalue weighted by Gasteiger charge is 2.22. The van der Waals surface area contributed by atoms with E-state index in [-0.39, 0.29) is 0 Å². The van der Waals surface area contributed by atoms with Gasteiger partial charge in [-0.05, 0) is 85.8 Å². The van der Waals surface area contributed by atoms with Crippen molar-refractivity contribution in [1.29, 1.82) is 5.26 Å². The summed E-state index contributed by atoms with van der Waals surface area (Å²) in [5, 5.41) is 9.56. The molecule has 3 heteroatoms. The quantitative estimate of drug-likeness (QED) is 0.198. The molecule has 1 aliphatic carbocycles. The molecule has 0 bridgehead atoms. The second kappa shape index (κ2) is 13.2. The summed E-state index contributed by atoms with van der Waals surface area (Å²) in [5.74, 6) is 1.43. The molecule has 0 saturated heterocycles. The summed E-state index contributed by atoms with van der Waals surface area (Å²) in [6, 6.07) is 15.7. The van der Waals surface area contributed by atoms with Crippen molar-refractivity contribution in [3.63, 3.8) is 0 Å². The van der Waals surface area contributed by atoms with Crippen molar-refractivity contribution in [2.45, 2.75) is 96.8 Å². The molecule has 0 heterocycles. The zero-order chi connectivity index (χ0) is 23.5. The maximum Gasteiger partial charge on any atom is 0.343 e. The molecule has 0 unspecified atom stereocenters. The molecule has 3 nitrogen and oxygen atoms in total. The van der Waals surface area contributed by atoms with E-state index in [4.69, 9.17) is 4.74 Å². The Morgan fingerprint density at radius 2 is 1.67 bits per heavy atom. The number of aryl methyl sites for hydroxylation is 1. The maximum absolute atomic E-state index is 12.7. The van der Waals surface area contributed by atoms with Gasteiger partial charge in [0.2, 0.25) is 0 Å². The second-order valence-corrected chi connectivity index (χ2v) is 9.62. The fourth-order valence-corrected chi connectivity index (χ4v) is 5.08. The Morgan fingerprint density at radius 3 is 2.33 bits per heavy atom. The third kappa shape index (κ3) is 7.46. The van der Waals surface area contributed by atoms with Crippen LogP contribution in [0.3, 0.4) is 0 Å². The first-order chi connectivity index (χ1) is 16.1. The smallest absolute Gasteiger partial charge is 0.343 e. The Morgan fingerprint density at radius 1 is 0.939 bits per heavy atom. The van der Waals surface area contributed by atoms with Crippen LogP contribution >= 0.6 is 0 Å². The van der Waals surface area contributed by atoms with Gasteiger partial charge in [-0.25, -0.2) is 4.79 Å². The number of nitriles is 1. The molecule has 0 spiro atoms. The SMILES string of the molecule is CCCCCCCc1ccc(OC(=O)c2ccc(C3CCC(CCC)CC3)cc2)c(C#N)c1. The maximum atomic E-state index is 12.7. The molecule has 0 amide bonds. The van der Waals surface area contributed by atoms with E-state index in [0.29, 0.717) is 22.8 Å². The van der Waals surface area contributed by atoms with Gasteiger partial charge in [-0.3, -0.25) is 0 Å². The molecule has 0 aliphatic heterocycles. The first kappa shape index (κ1) is 25.0. The van der Waals surface area contributed by atoms with Gasteiger partial charge < -0.3 is 4.74 Å². The topological polar surface area (TPSA) is 50.1 Å². The van der Waals surface area contributed by atoms with E-state index < -0.39 is 5.97 Å². The summed E-state index contributed by atoms with van der Waals surface area (Å²) in [6.45, 7) is 4.49. The van der Waals surface area contributed by atoms with Gasteiger partial charge in [0.05, 0.1) is 11.1 Å². The third-order valence-corrected chi connectivity index (χ3v) is 7.10. The number of carbonyl (C=O) groups excluding carboxylic acids is 1. The van der Waals surface area contributed by atoms with Crippen LogP contribution in [0.15, 0.2) is 42.5 Å². The van der Waals surface area contributed by atoms with Gasteiger partial charge in [0.25, 0.3) is 0 Å². The minimum Gasteiger partial charge on any atom is -0.422 e. The van der Waals surface area contributed by atoms with Crippen LogP contribution in [0, 0.1) is 17.2 Å². The van der Waals surface area contributed by atoms with E-state index in [0.717, 1.165) is 24.3 Å². The first-order valence-electron chi connectivity index (χ1n) is 13.0. The van der Waals surface area contributed by atoms with Crippen LogP contribution < -0.4 is 4.74 Å². The highest BCUT2D eigenvalue weighted by molar-refractivity contribution is 5.91. The Hall–Kier alpha value is -2.60. The van der Waals surface area contributed by atoms with E-state index in [1.165, 1.54) is 69.8 Å². The number of benzene rings is 2. The average molecular weight is 446 g/mol. The summed E-state index contributed by atoms with van der Waals surface area (Å²) in [4.78, 5) is 12.7. The van der Waals surface area contributed by atoms with E-state index in [2.05, 4.69) is 32.0 Å². The van der Waals surface area contributed by atoms with Crippen LogP contribution in [-0.2, 0) is 6.42 Å². The number of rotatable bonds is 11. The molecule has 1 fully saturated rings. The van der Waals surface area contributed by atoms with Crippen LogP contribution in [0.4, 0.5) is 0 Å². The van der Waals surface area contributed by atoms with Gasteiger partial charge in [0, 0.05) is 0 Å². The fraction of sp³-hybridized carbons (Fsp3) is 0.533. The predicted octanol–water partition coefficient (Wildman–Crippen LogP) is 8.36. The van der Waals surface area contributed by atoms with Gasteiger partial charge in [-0.1, -0.05) is 70.6 Å². The van der Waals surface area contributed by atoms with Crippen LogP contribution in [0.5, 0.6) is 5.75 Å². The number of ether oxygens (including phenoxy) is 1. The van der Waals surface area contributed by atoms with Crippen LogP contribution in [-0.4, -0.2) is 5.97 Å². The van der Waals surface area contributed by atoms with E-state index in [9.17, 15) is 10.1 Å². The number of hydrogen-bond acceptors (Lipinski definition) is 3. The number of nitrogens with zero attached hydrogens (tertiary/aromatic N) is 1. The predicted molar refractivity (Wildman–Crippen MR) is 135 cm³/mol. The van der Waals surface area contributed by atoms with Crippen LogP contribution in [0.2, 0.25) is 0 Å². The Kier molecular flexibility index (Phi) is 10.0. The molecular formula is C30H39NO2. The summed E-state index contributed by atoms with van der Waals surface area (Å²) in [6.07, 6.45) is 14.8. The fourth-order valence-electron chi connectivity index (χ4n) is 5.08. The van der Waals surface area contributed by atoms with Gasteiger partial charge in [-0.15, -0.1) is 0 Å². The molecule has 0 aromatic heterocycles. The van der Waals surface area contributed by atoms with Gasteiger partial charge in [0.1, 0.15) is 11.8 Å². The van der Waals surface area contributed by atoms with Crippen LogP contribution in [0.25, 0.3) is 0 Å². The van der Waals surface area contributed by atoms with Crippen molar-refractivity contribution in [1.82, 2.24) is 0 Å². The molecule has 33 heavy (non-hydrogen) atoms. The number of unbranched alkanes of at least 4 members (excludes halogenated alkanes) is 4. The number of esters is 1. The Labute approximate surface area is 200 Å². The third-order valence-electron chi connectivity index (χ3n) is 7.10. The molecule has 176 valence electrons. The molecule has 2 aromatic rings. The lowest BCUT2D eigenvalue weighted by atomic mass is 9.77. The minimum absolute atomic E-state index is 0.343. The lowest BCUT2D eigenvalue weighted by Crippen LogP contribution is -2.14. The zero-order valence-electron chi connectivity index (χ0n) is 20.4. The molecule has 2 aromatic carbocycles. The summed E-state index contributed by atoms with van der Waals surface area (Å²) < 4.78 is 5.60. The van der Waals surface area contributed by atoms with Gasteiger partial charge in [0.15, 0.2) is 0 Å². The molecule has 0 N–H and O–H groups in total. The second-order valence-electron chi connectivity index (χ2n) is 9.62. The highest BCUT2D eigenvalue weighted by atomic mass is 16.5. The Balaban J connectivity index is 1.55. The molecule has 1 aliphatic rings. The van der Waals surface area contributed by atoms with E-state index >= 15 is 0 Å². The van der Waals surface area contributed by atoms with E-state index in [1.807, 2.05) is 24.3 Å². The molecule has 3 rings (SSSR count). The van der Waals surface area contributed by atoms with E-state index in [1.54, 1.807) is 6.07 Å². The number of hydrogen-bond donors (Lipinski definition) is 0.